The number of carbonyl (C=O) groups is 1. The summed E-state index contributed by atoms with van der Waals surface area (Å²) in [4.78, 5) is 27.5. The first-order valence-electron chi connectivity index (χ1n) is 15.1. The molecule has 2 fully saturated rings. The molecular formula is C33H39F3N4O4. The molecule has 0 aromatic heterocycles. The molecule has 1 amide bonds. The fourth-order valence-corrected chi connectivity index (χ4v) is 6.41. The first-order valence-corrected chi connectivity index (χ1v) is 15.1. The van der Waals surface area contributed by atoms with Gasteiger partial charge in [0.25, 0.3) is 5.69 Å². The Hall–Kier alpha value is -3.70. The maximum absolute atomic E-state index is 13.3. The number of ether oxygens (including phenoxy) is 1. The number of nitrogens with zero attached hydrogens (tertiary/aromatic N) is 3. The third kappa shape index (κ3) is 7.50. The SMILES string of the molecule is Cc1ccc2cc(CN3C[C@@H](C)N(C(=O)COC4CCC(Nc5ccc([N+](=O)[O-])c(C(F)(F)F)c5)CC4)C[C@@H]3C)ccc2c1. The zero-order valence-electron chi connectivity index (χ0n) is 25.3. The molecule has 2 atom stereocenters. The van der Waals surface area contributed by atoms with Crippen LogP contribution in [0, 0.1) is 17.0 Å². The summed E-state index contributed by atoms with van der Waals surface area (Å²) in [6.45, 7) is 8.53. The molecule has 5 rings (SSSR count). The zero-order chi connectivity index (χ0) is 31.6. The molecule has 11 heteroatoms. The number of alkyl halides is 3. The first-order chi connectivity index (χ1) is 20.9. The van der Waals surface area contributed by atoms with Crippen molar-refractivity contribution in [1.82, 2.24) is 9.80 Å². The van der Waals surface area contributed by atoms with Crippen LogP contribution in [0.25, 0.3) is 10.8 Å². The van der Waals surface area contributed by atoms with Crippen molar-refractivity contribution < 1.29 is 27.6 Å². The number of amides is 1. The minimum Gasteiger partial charge on any atom is -0.382 e. The van der Waals surface area contributed by atoms with Gasteiger partial charge in [-0.15, -0.1) is 0 Å². The highest BCUT2D eigenvalue weighted by Crippen LogP contribution is 2.38. The van der Waals surface area contributed by atoms with Gasteiger partial charge in [-0.3, -0.25) is 19.8 Å². The van der Waals surface area contributed by atoms with E-state index < -0.39 is 22.4 Å². The van der Waals surface area contributed by atoms with Crippen molar-refractivity contribution in [3.63, 3.8) is 0 Å². The second-order valence-corrected chi connectivity index (χ2v) is 12.3. The predicted octanol–water partition coefficient (Wildman–Crippen LogP) is 6.94. The van der Waals surface area contributed by atoms with Crippen LogP contribution in [0.15, 0.2) is 54.6 Å². The Kier molecular flexibility index (Phi) is 9.45. The molecule has 44 heavy (non-hydrogen) atoms. The van der Waals surface area contributed by atoms with Gasteiger partial charge in [0.2, 0.25) is 5.91 Å². The average molecular weight is 613 g/mol. The minimum absolute atomic E-state index is 0.00120. The van der Waals surface area contributed by atoms with E-state index in [1.165, 1.54) is 28.0 Å². The highest BCUT2D eigenvalue weighted by molar-refractivity contribution is 5.83. The highest BCUT2D eigenvalue weighted by atomic mass is 19.4. The van der Waals surface area contributed by atoms with Gasteiger partial charge in [0.1, 0.15) is 12.2 Å². The van der Waals surface area contributed by atoms with E-state index in [4.69, 9.17) is 4.74 Å². The number of piperazine rings is 1. The molecule has 236 valence electrons. The number of fused-ring (bicyclic) bond motifs is 1. The van der Waals surface area contributed by atoms with Crippen LogP contribution in [0.4, 0.5) is 24.5 Å². The van der Waals surface area contributed by atoms with Crippen LogP contribution in [0.1, 0.15) is 56.2 Å². The van der Waals surface area contributed by atoms with Crippen LogP contribution < -0.4 is 5.32 Å². The summed E-state index contributed by atoms with van der Waals surface area (Å²) >= 11 is 0. The first kappa shape index (κ1) is 31.7. The predicted molar refractivity (Wildman–Crippen MR) is 163 cm³/mol. The smallest absolute Gasteiger partial charge is 0.382 e. The molecule has 2 aliphatic rings. The number of hydrogen-bond acceptors (Lipinski definition) is 6. The number of halogens is 3. The van der Waals surface area contributed by atoms with Gasteiger partial charge in [-0.2, -0.15) is 13.2 Å². The van der Waals surface area contributed by atoms with E-state index in [1.54, 1.807) is 0 Å². The summed E-state index contributed by atoms with van der Waals surface area (Å²) in [5.74, 6) is -0.0316. The number of nitro benzene ring substituents is 1. The van der Waals surface area contributed by atoms with Crippen LogP contribution in [0.3, 0.4) is 0 Å². The maximum Gasteiger partial charge on any atom is 0.423 e. The van der Waals surface area contributed by atoms with Crippen LogP contribution in [0.2, 0.25) is 0 Å². The summed E-state index contributed by atoms with van der Waals surface area (Å²) < 4.78 is 46.0. The number of nitrogens with one attached hydrogen (secondary N) is 1. The van der Waals surface area contributed by atoms with Gasteiger partial charge in [-0.05, 0) is 81.0 Å². The molecule has 1 saturated heterocycles. The lowest BCUT2D eigenvalue weighted by molar-refractivity contribution is -0.388. The quantitative estimate of drug-likeness (QED) is 0.219. The molecule has 3 aromatic rings. The molecule has 1 heterocycles. The van der Waals surface area contributed by atoms with Gasteiger partial charge in [-0.1, -0.05) is 35.9 Å². The lowest BCUT2D eigenvalue weighted by Gasteiger charge is -2.44. The van der Waals surface area contributed by atoms with Crippen molar-refractivity contribution in [3.05, 3.63) is 81.4 Å². The Morgan fingerprint density at radius 3 is 2.39 bits per heavy atom. The number of hydrogen-bond donors (Lipinski definition) is 1. The number of nitro groups is 1. The monoisotopic (exact) mass is 612 g/mol. The lowest BCUT2D eigenvalue weighted by atomic mass is 9.92. The average Bonchev–Trinajstić information content (AvgIpc) is 2.98. The molecule has 1 aliphatic carbocycles. The summed E-state index contributed by atoms with van der Waals surface area (Å²) in [6, 6.07) is 16.2. The van der Waals surface area contributed by atoms with Crippen LogP contribution >= 0.6 is 0 Å². The molecule has 1 aliphatic heterocycles. The third-order valence-electron chi connectivity index (χ3n) is 8.87. The summed E-state index contributed by atoms with van der Waals surface area (Å²) in [5.41, 5.74) is 0.460. The van der Waals surface area contributed by atoms with Gasteiger partial charge >= 0.3 is 6.18 Å². The molecule has 0 spiro atoms. The van der Waals surface area contributed by atoms with Crippen LogP contribution in [-0.2, 0) is 22.3 Å². The van der Waals surface area contributed by atoms with Crippen molar-refractivity contribution in [2.24, 2.45) is 0 Å². The largest absolute Gasteiger partial charge is 0.423 e. The molecule has 0 radical (unpaired) electrons. The fourth-order valence-electron chi connectivity index (χ4n) is 6.41. The second-order valence-electron chi connectivity index (χ2n) is 12.3. The fraction of sp³-hybridized carbons (Fsp3) is 0.485. The van der Waals surface area contributed by atoms with Gasteiger partial charge < -0.3 is 15.0 Å². The maximum atomic E-state index is 13.3. The van der Waals surface area contributed by atoms with Crippen molar-refractivity contribution in [2.75, 3.05) is 25.0 Å². The van der Waals surface area contributed by atoms with E-state index in [-0.39, 0.29) is 42.4 Å². The molecule has 0 bridgehead atoms. The second kappa shape index (κ2) is 13.1. The number of carbonyl (C=O) groups excluding carboxylic acids is 1. The minimum atomic E-state index is -4.82. The van der Waals surface area contributed by atoms with Gasteiger partial charge in [0.15, 0.2) is 0 Å². The summed E-state index contributed by atoms with van der Waals surface area (Å²) in [7, 11) is 0. The van der Waals surface area contributed by atoms with Gasteiger partial charge in [0, 0.05) is 49.5 Å². The van der Waals surface area contributed by atoms with Crippen LogP contribution in [0.5, 0.6) is 0 Å². The van der Waals surface area contributed by atoms with Crippen molar-refractivity contribution in [2.45, 2.75) is 83.4 Å². The summed E-state index contributed by atoms with van der Waals surface area (Å²) in [5, 5.41) is 16.6. The van der Waals surface area contributed by atoms with Crippen LogP contribution in [-0.4, -0.2) is 64.6 Å². The van der Waals surface area contributed by atoms with E-state index >= 15 is 0 Å². The number of rotatable bonds is 8. The molecule has 0 unspecified atom stereocenters. The molecule has 8 nitrogen and oxygen atoms in total. The molecule has 3 aromatic carbocycles. The Morgan fingerprint density at radius 1 is 0.977 bits per heavy atom. The number of benzene rings is 3. The van der Waals surface area contributed by atoms with Gasteiger partial charge in [0.05, 0.1) is 11.0 Å². The molecule has 1 saturated carbocycles. The third-order valence-corrected chi connectivity index (χ3v) is 8.87. The highest BCUT2D eigenvalue weighted by Gasteiger charge is 2.39. The van der Waals surface area contributed by atoms with E-state index in [9.17, 15) is 28.1 Å². The number of aryl methyl sites for hydroxylation is 1. The lowest BCUT2D eigenvalue weighted by Crippen LogP contribution is -2.58. The normalized spacial score (nSPS) is 23.1. The Morgan fingerprint density at radius 2 is 1.68 bits per heavy atom. The van der Waals surface area contributed by atoms with E-state index in [2.05, 4.69) is 67.4 Å². The van der Waals surface area contributed by atoms with E-state index in [0.717, 1.165) is 25.2 Å². The van der Waals surface area contributed by atoms with Gasteiger partial charge in [-0.25, -0.2) is 0 Å². The molecular weight excluding hydrogens is 573 g/mol. The van der Waals surface area contributed by atoms with E-state index in [0.29, 0.717) is 32.2 Å². The Labute approximate surface area is 255 Å². The Balaban J connectivity index is 1.08. The standard InChI is InChI=1S/C33H39F3N4O4/c1-21-4-6-26-15-24(5-7-25(26)14-21)19-38-17-23(3)39(18-22(38)2)32(41)20-44-29-11-8-27(9-12-29)37-28-10-13-31(40(42)43)30(16-28)33(34,35)36/h4-7,10,13-16,22-23,27,29,37H,8-9,11-12,17-20H2,1-3H3/t22-,23+,27?,29?/m0/s1. The zero-order valence-corrected chi connectivity index (χ0v) is 25.3. The molecule has 1 N–H and O–H groups in total. The summed E-state index contributed by atoms with van der Waals surface area (Å²) in [6.07, 6.45) is -2.30. The van der Waals surface area contributed by atoms with Crippen molar-refractivity contribution in [1.29, 1.82) is 0 Å². The number of anilines is 1. The Bertz CT molecular complexity index is 1510. The van der Waals surface area contributed by atoms with Crippen molar-refractivity contribution in [3.8, 4) is 0 Å². The van der Waals surface area contributed by atoms with Crippen molar-refractivity contribution >= 4 is 28.1 Å². The van der Waals surface area contributed by atoms with E-state index in [1.807, 2.05) is 4.90 Å². The topological polar surface area (TPSA) is 88.0 Å².